The van der Waals surface area contributed by atoms with Crippen LogP contribution in [0.25, 0.3) is 0 Å². The van der Waals surface area contributed by atoms with Crippen molar-refractivity contribution in [3.05, 3.63) is 96.6 Å². The third-order valence-corrected chi connectivity index (χ3v) is 4.69. The minimum absolute atomic E-state index is 0.0250. The van der Waals surface area contributed by atoms with Gasteiger partial charge in [-0.05, 0) is 23.5 Å². The Balaban J connectivity index is 2.48. The van der Waals surface area contributed by atoms with Crippen molar-refractivity contribution in [2.24, 2.45) is 5.41 Å². The van der Waals surface area contributed by atoms with Gasteiger partial charge in [0, 0.05) is 6.54 Å². The molecule has 0 N–H and O–H groups in total. The smallest absolute Gasteiger partial charge is 0.410 e. The van der Waals surface area contributed by atoms with E-state index in [0.29, 0.717) is 19.8 Å². The molecule has 0 fully saturated rings. The molecule has 0 aliphatic carbocycles. The average molecular weight is 422 g/mol. The number of benzene rings is 2. The molecule has 2 rings (SSSR count). The summed E-state index contributed by atoms with van der Waals surface area (Å²) in [4.78, 5) is 14.6. The zero-order valence-corrected chi connectivity index (χ0v) is 19.2. The van der Waals surface area contributed by atoms with Crippen LogP contribution in [-0.4, -0.2) is 30.2 Å². The first-order chi connectivity index (χ1) is 14.9. The van der Waals surface area contributed by atoms with Gasteiger partial charge in [-0.25, -0.2) is 4.79 Å². The van der Waals surface area contributed by atoms with E-state index in [4.69, 9.17) is 9.47 Å². The average Bonchev–Trinajstić information content (AvgIpc) is 2.75. The minimum atomic E-state index is -0.381. The standard InChI is InChI=1S/C27H35NO3/c1-6-20-28(26(29)30-7-2)25(23-16-12-9-13-17-23)24(18-19-27(3,4)5)31-21-22-14-10-8-11-15-22/h6,8-19,24-25H,1,7,20-21H2,2-5H3/b19-18-/t24-,25-/m1/s1. The molecule has 4 nitrogen and oxygen atoms in total. The summed E-state index contributed by atoms with van der Waals surface area (Å²) in [5, 5.41) is 0. The van der Waals surface area contributed by atoms with Crippen LogP contribution in [-0.2, 0) is 16.1 Å². The summed E-state index contributed by atoms with van der Waals surface area (Å²) in [6.07, 6.45) is 5.17. The lowest BCUT2D eigenvalue weighted by atomic mass is 9.92. The molecular weight excluding hydrogens is 386 g/mol. The number of ether oxygens (including phenoxy) is 2. The predicted molar refractivity (Wildman–Crippen MR) is 127 cm³/mol. The normalized spacial score (nSPS) is 13.5. The summed E-state index contributed by atoms with van der Waals surface area (Å²) in [5.74, 6) is 0. The number of carbonyl (C=O) groups excluding carboxylic acids is 1. The lowest BCUT2D eigenvalue weighted by molar-refractivity contribution is 0.00315. The molecule has 4 heteroatoms. The molecule has 0 saturated carbocycles. The van der Waals surface area contributed by atoms with Gasteiger partial charge in [-0.15, -0.1) is 6.58 Å². The van der Waals surface area contributed by atoms with Gasteiger partial charge in [0.05, 0.1) is 19.3 Å². The van der Waals surface area contributed by atoms with Crippen LogP contribution in [0.15, 0.2) is 85.5 Å². The summed E-state index contributed by atoms with van der Waals surface area (Å²) >= 11 is 0. The second kappa shape index (κ2) is 12.1. The van der Waals surface area contributed by atoms with Crippen LogP contribution in [0.2, 0.25) is 0 Å². The van der Waals surface area contributed by atoms with E-state index < -0.39 is 0 Å². The van der Waals surface area contributed by atoms with Gasteiger partial charge in [0.1, 0.15) is 6.10 Å². The first kappa shape index (κ1) is 24.4. The van der Waals surface area contributed by atoms with Crippen LogP contribution in [0.1, 0.15) is 44.9 Å². The van der Waals surface area contributed by atoms with Crippen molar-refractivity contribution in [1.82, 2.24) is 4.90 Å². The van der Waals surface area contributed by atoms with E-state index >= 15 is 0 Å². The summed E-state index contributed by atoms with van der Waals surface area (Å²) in [6.45, 7) is 13.2. The van der Waals surface area contributed by atoms with Crippen LogP contribution in [0.4, 0.5) is 4.79 Å². The molecule has 2 atom stereocenters. The van der Waals surface area contributed by atoms with Gasteiger partial charge in [-0.1, -0.05) is 99.7 Å². The zero-order valence-electron chi connectivity index (χ0n) is 19.2. The highest BCUT2D eigenvalue weighted by atomic mass is 16.6. The molecular formula is C27H35NO3. The topological polar surface area (TPSA) is 38.8 Å². The molecule has 0 aliphatic heterocycles. The van der Waals surface area contributed by atoms with E-state index in [0.717, 1.165) is 11.1 Å². The van der Waals surface area contributed by atoms with Gasteiger partial charge in [0.15, 0.2) is 0 Å². The lowest BCUT2D eigenvalue weighted by Crippen LogP contribution is -2.41. The Morgan fingerprint density at radius 1 is 1.06 bits per heavy atom. The van der Waals surface area contributed by atoms with E-state index in [-0.39, 0.29) is 23.7 Å². The first-order valence-corrected chi connectivity index (χ1v) is 10.8. The van der Waals surface area contributed by atoms with Crippen LogP contribution in [0.5, 0.6) is 0 Å². The molecule has 31 heavy (non-hydrogen) atoms. The van der Waals surface area contributed by atoms with E-state index in [2.05, 4.69) is 39.5 Å². The lowest BCUT2D eigenvalue weighted by Gasteiger charge is -2.35. The number of hydrogen-bond acceptors (Lipinski definition) is 3. The highest BCUT2D eigenvalue weighted by molar-refractivity contribution is 5.68. The Morgan fingerprint density at radius 3 is 2.23 bits per heavy atom. The molecule has 0 spiro atoms. The Labute approximate surface area is 187 Å². The second-order valence-corrected chi connectivity index (χ2v) is 8.48. The third-order valence-electron chi connectivity index (χ3n) is 4.69. The van der Waals surface area contributed by atoms with E-state index in [1.165, 1.54) is 0 Å². The van der Waals surface area contributed by atoms with Gasteiger partial charge in [0.25, 0.3) is 0 Å². The van der Waals surface area contributed by atoms with Crippen molar-refractivity contribution in [3.8, 4) is 0 Å². The summed E-state index contributed by atoms with van der Waals surface area (Å²) < 4.78 is 11.8. The molecule has 0 radical (unpaired) electrons. The van der Waals surface area contributed by atoms with Crippen molar-refractivity contribution in [2.45, 2.75) is 46.4 Å². The fourth-order valence-electron chi connectivity index (χ4n) is 3.25. The van der Waals surface area contributed by atoms with Crippen LogP contribution in [0, 0.1) is 5.41 Å². The third kappa shape index (κ3) is 8.06. The van der Waals surface area contributed by atoms with Gasteiger partial charge < -0.3 is 9.47 Å². The van der Waals surface area contributed by atoms with Crippen molar-refractivity contribution < 1.29 is 14.3 Å². The zero-order chi connectivity index (χ0) is 22.7. The monoisotopic (exact) mass is 421 g/mol. The summed E-state index contributed by atoms with van der Waals surface area (Å²) in [6, 6.07) is 19.6. The molecule has 166 valence electrons. The Morgan fingerprint density at radius 2 is 1.68 bits per heavy atom. The maximum atomic E-state index is 12.9. The summed E-state index contributed by atoms with van der Waals surface area (Å²) in [7, 11) is 0. The number of amides is 1. The number of rotatable bonds is 10. The van der Waals surface area contributed by atoms with Gasteiger partial charge in [-0.2, -0.15) is 0 Å². The van der Waals surface area contributed by atoms with E-state index in [1.54, 1.807) is 11.0 Å². The van der Waals surface area contributed by atoms with E-state index in [1.807, 2.05) is 67.6 Å². The molecule has 2 aromatic rings. The highest BCUT2D eigenvalue weighted by Gasteiger charge is 2.32. The fourth-order valence-corrected chi connectivity index (χ4v) is 3.25. The highest BCUT2D eigenvalue weighted by Crippen LogP contribution is 2.30. The molecule has 2 aromatic carbocycles. The van der Waals surface area contributed by atoms with Crippen LogP contribution >= 0.6 is 0 Å². The molecule has 0 aromatic heterocycles. The number of carbonyl (C=O) groups is 1. The van der Waals surface area contributed by atoms with Gasteiger partial charge in [0.2, 0.25) is 0 Å². The molecule has 0 unspecified atom stereocenters. The van der Waals surface area contributed by atoms with Gasteiger partial charge in [-0.3, -0.25) is 4.90 Å². The van der Waals surface area contributed by atoms with Crippen molar-refractivity contribution in [3.63, 3.8) is 0 Å². The Bertz CT molecular complexity index is 825. The maximum Gasteiger partial charge on any atom is 0.410 e. The van der Waals surface area contributed by atoms with Gasteiger partial charge >= 0.3 is 6.09 Å². The van der Waals surface area contributed by atoms with Crippen molar-refractivity contribution in [2.75, 3.05) is 13.2 Å². The molecule has 0 aliphatic rings. The Hall–Kier alpha value is -2.85. The minimum Gasteiger partial charge on any atom is -0.450 e. The number of allylic oxidation sites excluding steroid dienone is 1. The molecule has 0 bridgehead atoms. The first-order valence-electron chi connectivity index (χ1n) is 10.8. The number of nitrogens with zero attached hydrogens (tertiary/aromatic N) is 1. The summed E-state index contributed by atoms with van der Waals surface area (Å²) in [5.41, 5.74) is 2.03. The molecule has 0 heterocycles. The van der Waals surface area contributed by atoms with Crippen LogP contribution in [0.3, 0.4) is 0 Å². The molecule has 0 saturated heterocycles. The predicted octanol–water partition coefficient (Wildman–Crippen LogP) is 6.56. The van der Waals surface area contributed by atoms with Crippen molar-refractivity contribution in [1.29, 1.82) is 0 Å². The quantitative estimate of drug-likeness (QED) is 0.408. The molecule has 1 amide bonds. The number of hydrogen-bond donors (Lipinski definition) is 0. The second-order valence-electron chi connectivity index (χ2n) is 8.48. The SMILES string of the molecule is C=CCN(C(=O)OCC)[C@H](c1ccccc1)[C@@H](/C=C\C(C)(C)C)OCc1ccccc1. The maximum absolute atomic E-state index is 12.9. The fraction of sp³-hybridized carbons (Fsp3) is 0.370. The largest absolute Gasteiger partial charge is 0.450 e. The Kier molecular flexibility index (Phi) is 9.54. The van der Waals surface area contributed by atoms with Crippen molar-refractivity contribution >= 4 is 6.09 Å². The van der Waals surface area contributed by atoms with E-state index in [9.17, 15) is 4.79 Å². The van der Waals surface area contributed by atoms with Crippen LogP contribution < -0.4 is 0 Å².